The van der Waals surface area contributed by atoms with Gasteiger partial charge in [0.2, 0.25) is 0 Å². The summed E-state index contributed by atoms with van der Waals surface area (Å²) in [5.74, 6) is 0. The van der Waals surface area contributed by atoms with Crippen molar-refractivity contribution in [2.75, 3.05) is 4.72 Å². The first-order chi connectivity index (χ1) is 7.37. The van der Waals surface area contributed by atoms with E-state index in [9.17, 15) is 8.42 Å². The Kier molecular flexibility index (Phi) is 4.28. The largest absolute Gasteiger partial charge is 0.310 e. The molecular weight excluding hydrogens is 226 g/mol. The van der Waals surface area contributed by atoms with Gasteiger partial charge in [-0.1, -0.05) is 26.0 Å². The van der Waals surface area contributed by atoms with Crippen LogP contribution in [0.1, 0.15) is 19.4 Å². The predicted molar refractivity (Wildman–Crippen MR) is 65.1 cm³/mol. The molecular formula is C10H17N3O2S. The van der Waals surface area contributed by atoms with Gasteiger partial charge >= 0.3 is 0 Å². The van der Waals surface area contributed by atoms with Crippen LogP contribution in [0.2, 0.25) is 0 Å². The Bertz CT molecular complexity index is 426. The molecule has 0 heterocycles. The van der Waals surface area contributed by atoms with Gasteiger partial charge in [-0.25, -0.2) is 5.14 Å². The Labute approximate surface area is 96.2 Å². The Morgan fingerprint density at radius 3 is 2.25 bits per heavy atom. The van der Waals surface area contributed by atoms with E-state index in [0.29, 0.717) is 11.7 Å². The Morgan fingerprint density at radius 2 is 1.81 bits per heavy atom. The van der Waals surface area contributed by atoms with Crippen molar-refractivity contribution in [3.05, 3.63) is 29.8 Å². The molecule has 0 aliphatic rings. The van der Waals surface area contributed by atoms with Crippen molar-refractivity contribution < 1.29 is 8.42 Å². The quantitative estimate of drug-likeness (QED) is 0.715. The van der Waals surface area contributed by atoms with Crippen LogP contribution in [0.25, 0.3) is 0 Å². The number of nitrogens with one attached hydrogen (secondary N) is 2. The molecule has 1 aromatic carbocycles. The van der Waals surface area contributed by atoms with Gasteiger partial charge in [-0.15, -0.1) is 0 Å². The van der Waals surface area contributed by atoms with Crippen molar-refractivity contribution in [3.63, 3.8) is 0 Å². The summed E-state index contributed by atoms with van der Waals surface area (Å²) < 4.78 is 23.7. The average molecular weight is 243 g/mol. The summed E-state index contributed by atoms with van der Waals surface area (Å²) in [5, 5.41) is 8.12. The van der Waals surface area contributed by atoms with E-state index < -0.39 is 10.2 Å². The van der Waals surface area contributed by atoms with Gasteiger partial charge in [0.05, 0.1) is 0 Å². The molecule has 0 radical (unpaired) electrons. The van der Waals surface area contributed by atoms with Crippen molar-refractivity contribution in [3.8, 4) is 0 Å². The second kappa shape index (κ2) is 5.29. The molecule has 0 spiro atoms. The van der Waals surface area contributed by atoms with Gasteiger partial charge in [0.15, 0.2) is 0 Å². The van der Waals surface area contributed by atoms with Gasteiger partial charge in [-0.05, 0) is 17.7 Å². The van der Waals surface area contributed by atoms with E-state index in [1.165, 1.54) is 0 Å². The summed E-state index contributed by atoms with van der Waals surface area (Å²) in [6.45, 7) is 4.89. The summed E-state index contributed by atoms with van der Waals surface area (Å²) in [4.78, 5) is 0. The minimum Gasteiger partial charge on any atom is -0.310 e. The van der Waals surface area contributed by atoms with Crippen LogP contribution in [0.4, 0.5) is 5.69 Å². The van der Waals surface area contributed by atoms with Crippen LogP contribution in [0.5, 0.6) is 0 Å². The van der Waals surface area contributed by atoms with E-state index in [1.807, 2.05) is 12.1 Å². The van der Waals surface area contributed by atoms with Crippen molar-refractivity contribution in [1.82, 2.24) is 5.32 Å². The first-order valence-electron chi connectivity index (χ1n) is 5.00. The van der Waals surface area contributed by atoms with Gasteiger partial charge in [0.25, 0.3) is 10.2 Å². The average Bonchev–Trinajstić information content (AvgIpc) is 2.14. The van der Waals surface area contributed by atoms with Crippen molar-refractivity contribution in [2.24, 2.45) is 5.14 Å². The van der Waals surface area contributed by atoms with Crippen LogP contribution in [0.3, 0.4) is 0 Å². The number of hydrogen-bond acceptors (Lipinski definition) is 3. The first-order valence-corrected chi connectivity index (χ1v) is 6.54. The van der Waals surface area contributed by atoms with Crippen LogP contribution in [0, 0.1) is 0 Å². The highest BCUT2D eigenvalue weighted by Crippen LogP contribution is 2.10. The SMILES string of the molecule is CC(C)NCc1ccc(NS(N)(=O)=O)cc1. The molecule has 90 valence electrons. The van der Waals surface area contributed by atoms with Gasteiger partial charge < -0.3 is 5.32 Å². The van der Waals surface area contributed by atoms with E-state index in [4.69, 9.17) is 5.14 Å². The zero-order chi connectivity index (χ0) is 12.2. The lowest BCUT2D eigenvalue weighted by molar-refractivity contribution is 0.589. The maximum absolute atomic E-state index is 10.8. The fourth-order valence-corrected chi connectivity index (χ4v) is 1.64. The van der Waals surface area contributed by atoms with Crippen molar-refractivity contribution in [2.45, 2.75) is 26.4 Å². The van der Waals surface area contributed by atoms with Crippen LogP contribution in [0.15, 0.2) is 24.3 Å². The smallest absolute Gasteiger partial charge is 0.296 e. The minimum absolute atomic E-state index is 0.419. The topological polar surface area (TPSA) is 84.2 Å². The molecule has 0 atom stereocenters. The summed E-state index contributed by atoms with van der Waals surface area (Å²) in [7, 11) is -3.68. The molecule has 0 saturated carbocycles. The first kappa shape index (κ1) is 13.0. The summed E-state index contributed by atoms with van der Waals surface area (Å²) in [6, 6.07) is 7.48. The highest BCUT2D eigenvalue weighted by atomic mass is 32.2. The van der Waals surface area contributed by atoms with Gasteiger partial charge in [0.1, 0.15) is 0 Å². The van der Waals surface area contributed by atoms with E-state index in [-0.39, 0.29) is 0 Å². The van der Waals surface area contributed by atoms with Crippen LogP contribution in [-0.4, -0.2) is 14.5 Å². The van der Waals surface area contributed by atoms with Crippen LogP contribution < -0.4 is 15.2 Å². The third kappa shape index (κ3) is 5.11. The van der Waals surface area contributed by atoms with Gasteiger partial charge in [-0.3, -0.25) is 4.72 Å². The third-order valence-corrected chi connectivity index (χ3v) is 2.45. The zero-order valence-electron chi connectivity index (χ0n) is 9.40. The lowest BCUT2D eigenvalue weighted by atomic mass is 10.2. The second-order valence-corrected chi connectivity index (χ2v) is 5.17. The molecule has 0 aromatic heterocycles. The molecule has 0 amide bonds. The molecule has 5 nitrogen and oxygen atoms in total. The molecule has 0 saturated heterocycles. The summed E-state index contributed by atoms with van der Waals surface area (Å²) in [5.41, 5.74) is 1.56. The Morgan fingerprint density at radius 1 is 1.25 bits per heavy atom. The molecule has 6 heteroatoms. The number of anilines is 1. The van der Waals surface area contributed by atoms with Crippen molar-refractivity contribution >= 4 is 15.9 Å². The molecule has 16 heavy (non-hydrogen) atoms. The lowest BCUT2D eigenvalue weighted by Crippen LogP contribution is -2.22. The minimum atomic E-state index is -3.68. The Hall–Kier alpha value is -1.11. The predicted octanol–water partition coefficient (Wildman–Crippen LogP) is 0.800. The fraction of sp³-hybridized carbons (Fsp3) is 0.400. The third-order valence-electron chi connectivity index (χ3n) is 1.93. The highest BCUT2D eigenvalue weighted by Gasteiger charge is 2.01. The molecule has 0 aliphatic heterocycles. The van der Waals surface area contributed by atoms with E-state index in [1.54, 1.807) is 12.1 Å². The molecule has 0 fully saturated rings. The molecule has 1 aromatic rings. The number of benzene rings is 1. The Balaban J connectivity index is 2.61. The van der Waals surface area contributed by atoms with E-state index >= 15 is 0 Å². The maximum Gasteiger partial charge on any atom is 0.296 e. The number of nitrogens with two attached hydrogens (primary N) is 1. The van der Waals surface area contributed by atoms with Gasteiger partial charge in [0, 0.05) is 18.3 Å². The summed E-state index contributed by atoms with van der Waals surface area (Å²) in [6.07, 6.45) is 0. The monoisotopic (exact) mass is 243 g/mol. The standard InChI is InChI=1S/C10H17N3O2S/c1-8(2)12-7-9-3-5-10(6-4-9)13-16(11,14)15/h3-6,8,12-13H,7H2,1-2H3,(H2,11,14,15). The van der Waals surface area contributed by atoms with E-state index in [0.717, 1.165) is 12.1 Å². The zero-order valence-corrected chi connectivity index (χ0v) is 10.2. The lowest BCUT2D eigenvalue weighted by Gasteiger charge is -2.09. The highest BCUT2D eigenvalue weighted by molar-refractivity contribution is 7.90. The molecule has 1 rings (SSSR count). The second-order valence-electron chi connectivity index (χ2n) is 3.88. The maximum atomic E-state index is 10.8. The molecule has 4 N–H and O–H groups in total. The molecule has 0 bridgehead atoms. The van der Waals surface area contributed by atoms with Crippen LogP contribution in [-0.2, 0) is 16.8 Å². The van der Waals surface area contributed by atoms with Gasteiger partial charge in [-0.2, -0.15) is 8.42 Å². The fourth-order valence-electron chi connectivity index (χ4n) is 1.18. The van der Waals surface area contributed by atoms with E-state index in [2.05, 4.69) is 23.9 Å². The number of hydrogen-bond donors (Lipinski definition) is 3. The van der Waals surface area contributed by atoms with Crippen molar-refractivity contribution in [1.29, 1.82) is 0 Å². The van der Waals surface area contributed by atoms with Crippen LogP contribution >= 0.6 is 0 Å². The molecule has 0 aliphatic carbocycles. The molecule has 0 unspecified atom stereocenters. The number of rotatable bonds is 5. The normalized spacial score (nSPS) is 11.8. The summed E-state index contributed by atoms with van der Waals surface area (Å²) >= 11 is 0.